The van der Waals surface area contributed by atoms with Gasteiger partial charge in [0.15, 0.2) is 0 Å². The predicted molar refractivity (Wildman–Crippen MR) is 109 cm³/mol. The molecule has 2 atom stereocenters. The molecule has 2 aliphatic rings. The third-order valence-corrected chi connectivity index (χ3v) is 6.99. The zero-order valence-corrected chi connectivity index (χ0v) is 17.7. The molecule has 172 valence electrons. The molecule has 2 unspecified atom stereocenters. The number of hydrogen-bond donors (Lipinski definition) is 0. The Morgan fingerprint density at radius 2 is 1.84 bits per heavy atom. The molecule has 8 nitrogen and oxygen atoms in total. The zero-order valence-electron chi connectivity index (χ0n) is 16.9. The van der Waals surface area contributed by atoms with Crippen LogP contribution in [0.4, 0.5) is 18.9 Å². The fraction of sp³-hybridized carbons (Fsp3) is 0.350. The summed E-state index contributed by atoms with van der Waals surface area (Å²) in [7, 11) is -2.26. The fourth-order valence-electron chi connectivity index (χ4n) is 3.51. The Hall–Kier alpha value is -2.99. The molecule has 2 aromatic rings. The lowest BCUT2D eigenvalue weighted by atomic mass is 10.2. The van der Waals surface area contributed by atoms with Crippen LogP contribution in [0.25, 0.3) is 0 Å². The van der Waals surface area contributed by atoms with Crippen molar-refractivity contribution >= 4 is 22.0 Å². The van der Waals surface area contributed by atoms with Gasteiger partial charge in [0.1, 0.15) is 23.9 Å². The summed E-state index contributed by atoms with van der Waals surface area (Å²) in [6.45, 7) is 0.288. The smallest absolute Gasteiger partial charge is 0.448 e. The number of anilines is 1. The molecule has 12 heteroatoms. The van der Waals surface area contributed by atoms with Crippen LogP contribution in [-0.2, 0) is 14.9 Å². The van der Waals surface area contributed by atoms with E-state index in [1.165, 1.54) is 35.7 Å². The van der Waals surface area contributed by atoms with E-state index in [1.807, 2.05) is 0 Å². The molecule has 0 saturated carbocycles. The van der Waals surface area contributed by atoms with Crippen LogP contribution in [-0.4, -0.2) is 57.8 Å². The first kappa shape index (κ1) is 22.2. The van der Waals surface area contributed by atoms with Crippen molar-refractivity contribution in [3.63, 3.8) is 0 Å². The van der Waals surface area contributed by atoms with E-state index in [0.29, 0.717) is 12.2 Å². The number of oxime groups is 1. The normalized spacial score (nSPS) is 21.6. The molecule has 0 radical (unpaired) electrons. The second-order valence-electron chi connectivity index (χ2n) is 7.16. The van der Waals surface area contributed by atoms with Gasteiger partial charge in [0, 0.05) is 6.54 Å². The molecule has 0 amide bonds. The van der Waals surface area contributed by atoms with Crippen LogP contribution in [0.5, 0.6) is 11.5 Å². The highest BCUT2D eigenvalue weighted by molar-refractivity contribution is 7.89. The number of alkyl halides is 3. The van der Waals surface area contributed by atoms with Crippen LogP contribution >= 0.6 is 0 Å². The molecule has 0 spiro atoms. The highest BCUT2D eigenvalue weighted by Crippen LogP contribution is 2.37. The van der Waals surface area contributed by atoms with Gasteiger partial charge in [-0.2, -0.15) is 17.5 Å². The first-order chi connectivity index (χ1) is 15.2. The summed E-state index contributed by atoms with van der Waals surface area (Å²) in [4.78, 5) is 5.41. The highest BCUT2D eigenvalue weighted by atomic mass is 32.2. The van der Waals surface area contributed by atoms with Gasteiger partial charge in [0.2, 0.25) is 10.0 Å². The van der Waals surface area contributed by atoms with Crippen molar-refractivity contribution in [2.24, 2.45) is 5.16 Å². The summed E-state index contributed by atoms with van der Waals surface area (Å²) in [5.41, 5.74) is 0.118. The number of sulfonamides is 1. The largest absolute Gasteiger partial charge is 0.497 e. The maximum atomic E-state index is 13.3. The fourth-order valence-corrected chi connectivity index (χ4v) is 5.00. The van der Waals surface area contributed by atoms with Gasteiger partial charge in [-0.15, -0.1) is 0 Å². The number of halogens is 3. The number of hydrogen-bond acceptors (Lipinski definition) is 7. The number of nitrogens with zero attached hydrogens (tertiary/aromatic N) is 3. The van der Waals surface area contributed by atoms with Crippen LogP contribution in [0.1, 0.15) is 6.42 Å². The molecule has 4 rings (SSSR count). The van der Waals surface area contributed by atoms with E-state index < -0.39 is 28.5 Å². The van der Waals surface area contributed by atoms with Crippen molar-refractivity contribution < 1.29 is 35.9 Å². The van der Waals surface area contributed by atoms with Gasteiger partial charge in [-0.05, 0) is 42.8 Å². The molecule has 0 aromatic heterocycles. The van der Waals surface area contributed by atoms with Crippen LogP contribution in [0.15, 0.2) is 58.6 Å². The summed E-state index contributed by atoms with van der Waals surface area (Å²) >= 11 is 0. The van der Waals surface area contributed by atoms with Crippen molar-refractivity contribution in [1.29, 1.82) is 0 Å². The lowest BCUT2D eigenvalue weighted by Gasteiger charge is -2.26. The van der Waals surface area contributed by atoms with Gasteiger partial charge in [0.05, 0.1) is 24.2 Å². The summed E-state index contributed by atoms with van der Waals surface area (Å²) in [5.74, 6) is 0.710. The van der Waals surface area contributed by atoms with Gasteiger partial charge in [-0.25, -0.2) is 8.42 Å². The van der Waals surface area contributed by atoms with E-state index in [0.717, 1.165) is 11.2 Å². The Morgan fingerprint density at radius 1 is 1.12 bits per heavy atom. The average Bonchev–Trinajstić information content (AvgIpc) is 3.44. The Kier molecular flexibility index (Phi) is 5.91. The molecule has 0 aliphatic carbocycles. The van der Waals surface area contributed by atoms with Gasteiger partial charge in [-0.3, -0.25) is 4.90 Å². The van der Waals surface area contributed by atoms with Crippen molar-refractivity contribution in [2.45, 2.75) is 29.8 Å². The molecule has 2 aliphatic heterocycles. The van der Waals surface area contributed by atoms with Crippen LogP contribution in [0.2, 0.25) is 0 Å². The average molecular weight is 471 g/mol. The van der Waals surface area contributed by atoms with Gasteiger partial charge in [0.25, 0.3) is 0 Å². The van der Waals surface area contributed by atoms with Crippen LogP contribution in [0, 0.1) is 0 Å². The first-order valence-corrected chi connectivity index (χ1v) is 11.1. The summed E-state index contributed by atoms with van der Waals surface area (Å²) < 4.78 is 77.9. The Labute approximate surface area is 182 Å². The number of ether oxygens (including phenoxy) is 2. The summed E-state index contributed by atoms with van der Waals surface area (Å²) in [6, 6.07) is 12.2. The molecule has 1 fully saturated rings. The third kappa shape index (κ3) is 4.32. The van der Waals surface area contributed by atoms with Crippen LogP contribution in [0.3, 0.4) is 0 Å². The Balaban J connectivity index is 1.49. The predicted octanol–water partition coefficient (Wildman–Crippen LogP) is 3.21. The monoisotopic (exact) mass is 471 g/mol. The Bertz CT molecular complexity index is 1090. The summed E-state index contributed by atoms with van der Waals surface area (Å²) in [6.07, 6.45) is -6.14. The zero-order chi connectivity index (χ0) is 22.9. The van der Waals surface area contributed by atoms with E-state index in [1.54, 1.807) is 24.3 Å². The molecular formula is C20H20F3N3O5S. The number of rotatable bonds is 6. The lowest BCUT2D eigenvalue weighted by molar-refractivity contribution is -0.211. The molecule has 0 N–H and O–H groups in total. The van der Waals surface area contributed by atoms with Crippen LogP contribution < -0.4 is 14.4 Å². The molecular weight excluding hydrogens is 451 g/mol. The molecule has 0 bridgehead atoms. The highest BCUT2D eigenvalue weighted by Gasteiger charge is 2.49. The standard InChI is InChI=1S/C20H20F3N3O5S/c1-29-14-6-8-16(9-7-14)32(27,28)25-11-10-15(12-25)30-18-5-3-2-4-17(18)26-13-24-31-19(26)20(21,22)23/h2-9,13,15,19H,10-12H2,1H3. The van der Waals surface area contributed by atoms with E-state index >= 15 is 0 Å². The van der Waals surface area contributed by atoms with E-state index in [4.69, 9.17) is 9.47 Å². The number of para-hydroxylation sites is 2. The minimum atomic E-state index is -4.67. The molecule has 2 aromatic carbocycles. The topological polar surface area (TPSA) is 80.7 Å². The van der Waals surface area contributed by atoms with Gasteiger partial charge < -0.3 is 14.3 Å². The van der Waals surface area contributed by atoms with E-state index in [-0.39, 0.29) is 29.4 Å². The second-order valence-corrected chi connectivity index (χ2v) is 9.10. The molecule has 1 saturated heterocycles. The van der Waals surface area contributed by atoms with Gasteiger partial charge >= 0.3 is 12.4 Å². The number of benzene rings is 2. The quantitative estimate of drug-likeness (QED) is 0.644. The third-order valence-electron chi connectivity index (χ3n) is 5.11. The Morgan fingerprint density at radius 3 is 2.53 bits per heavy atom. The molecule has 2 heterocycles. The maximum Gasteiger partial charge on any atom is 0.448 e. The van der Waals surface area contributed by atoms with Gasteiger partial charge in [-0.1, -0.05) is 17.3 Å². The molecule has 32 heavy (non-hydrogen) atoms. The van der Waals surface area contributed by atoms with Crippen molar-refractivity contribution in [1.82, 2.24) is 4.31 Å². The second kappa shape index (κ2) is 8.51. The lowest BCUT2D eigenvalue weighted by Crippen LogP contribution is -2.43. The SMILES string of the molecule is COc1ccc(S(=O)(=O)N2CCC(Oc3ccccc3N3C=NOC3C(F)(F)F)C2)cc1. The summed E-state index contributed by atoms with van der Waals surface area (Å²) in [5, 5.41) is 3.28. The van der Waals surface area contributed by atoms with E-state index in [2.05, 4.69) is 9.99 Å². The first-order valence-electron chi connectivity index (χ1n) is 9.64. The minimum Gasteiger partial charge on any atom is -0.497 e. The van der Waals surface area contributed by atoms with E-state index in [9.17, 15) is 21.6 Å². The maximum absolute atomic E-state index is 13.3. The number of methoxy groups -OCH3 is 1. The minimum absolute atomic E-state index is 0.0655. The van der Waals surface area contributed by atoms with Crippen molar-refractivity contribution in [3.8, 4) is 11.5 Å². The van der Waals surface area contributed by atoms with Crippen molar-refractivity contribution in [2.75, 3.05) is 25.1 Å². The van der Waals surface area contributed by atoms with Crippen molar-refractivity contribution in [3.05, 3.63) is 48.5 Å².